The van der Waals surface area contributed by atoms with Gasteiger partial charge in [0.05, 0.1) is 4.92 Å². The lowest BCUT2D eigenvalue weighted by atomic mass is 9.87. The van der Waals surface area contributed by atoms with Crippen LogP contribution in [0.25, 0.3) is 0 Å². The first-order valence-corrected chi connectivity index (χ1v) is 8.02. The molecule has 1 aliphatic carbocycles. The lowest BCUT2D eigenvalue weighted by Gasteiger charge is -2.33. The Morgan fingerprint density at radius 2 is 2.00 bits per heavy atom. The summed E-state index contributed by atoms with van der Waals surface area (Å²) in [6.07, 6.45) is 4.28. The molecule has 0 spiro atoms. The number of hydrogen-bond donors (Lipinski definition) is 0. The first-order chi connectivity index (χ1) is 10.9. The van der Waals surface area contributed by atoms with Gasteiger partial charge in [-0.05, 0) is 50.2 Å². The highest BCUT2D eigenvalue weighted by Crippen LogP contribution is 2.29. The van der Waals surface area contributed by atoms with E-state index in [2.05, 4.69) is 6.92 Å². The number of nitro groups is 1. The number of benzene rings is 1. The van der Waals surface area contributed by atoms with E-state index in [0.29, 0.717) is 0 Å². The standard InChI is InChI=1S/C17H24N2O4/c1-12-4-7-14(8-5-12)18(3)17(20)11-23-16-10-13(2)6-9-15(16)19(21)22/h6,9-10,12,14H,4-5,7-8,11H2,1-3H3. The van der Waals surface area contributed by atoms with Gasteiger partial charge in [-0.2, -0.15) is 0 Å². The van der Waals surface area contributed by atoms with Crippen LogP contribution in [-0.4, -0.2) is 35.4 Å². The SMILES string of the molecule is Cc1ccc([N+](=O)[O-])c(OCC(=O)N(C)C2CCC(C)CC2)c1. The van der Waals surface area contributed by atoms with Crippen molar-refractivity contribution >= 4 is 11.6 Å². The second-order valence-electron chi connectivity index (χ2n) is 6.44. The van der Waals surface area contributed by atoms with E-state index in [0.717, 1.165) is 37.2 Å². The minimum absolute atomic E-state index is 0.113. The van der Waals surface area contributed by atoms with Gasteiger partial charge >= 0.3 is 5.69 Å². The van der Waals surface area contributed by atoms with Gasteiger partial charge in [-0.1, -0.05) is 13.0 Å². The third-order valence-electron chi connectivity index (χ3n) is 4.59. The number of aryl methyl sites for hydroxylation is 1. The maximum absolute atomic E-state index is 12.3. The Bertz CT molecular complexity index is 580. The van der Waals surface area contributed by atoms with Crippen molar-refractivity contribution in [3.05, 3.63) is 33.9 Å². The van der Waals surface area contributed by atoms with Gasteiger partial charge in [0.2, 0.25) is 0 Å². The average Bonchev–Trinajstić information content (AvgIpc) is 2.52. The molecule has 1 fully saturated rings. The monoisotopic (exact) mass is 320 g/mol. The largest absolute Gasteiger partial charge is 0.477 e. The minimum Gasteiger partial charge on any atom is -0.477 e. The van der Waals surface area contributed by atoms with Crippen LogP contribution < -0.4 is 4.74 Å². The van der Waals surface area contributed by atoms with E-state index in [4.69, 9.17) is 4.74 Å². The highest BCUT2D eigenvalue weighted by Gasteiger charge is 2.25. The molecule has 0 N–H and O–H groups in total. The van der Waals surface area contributed by atoms with Crippen LogP contribution in [0.3, 0.4) is 0 Å². The van der Waals surface area contributed by atoms with Crippen molar-refractivity contribution in [1.82, 2.24) is 4.90 Å². The molecular formula is C17H24N2O4. The molecule has 1 aliphatic rings. The van der Waals surface area contributed by atoms with E-state index < -0.39 is 4.92 Å². The summed E-state index contributed by atoms with van der Waals surface area (Å²) in [5.41, 5.74) is 0.741. The normalized spacial score (nSPS) is 20.8. The molecule has 0 heterocycles. The number of amides is 1. The maximum atomic E-state index is 12.3. The molecule has 6 heteroatoms. The number of carbonyl (C=O) groups excluding carboxylic acids is 1. The van der Waals surface area contributed by atoms with E-state index in [9.17, 15) is 14.9 Å². The van der Waals surface area contributed by atoms with Gasteiger partial charge in [0.25, 0.3) is 5.91 Å². The molecule has 0 atom stereocenters. The molecule has 0 saturated heterocycles. The summed E-state index contributed by atoms with van der Waals surface area (Å²) in [6.45, 7) is 3.89. The zero-order valence-electron chi connectivity index (χ0n) is 13.9. The van der Waals surface area contributed by atoms with Crippen LogP contribution in [0.1, 0.15) is 38.2 Å². The third-order valence-corrected chi connectivity index (χ3v) is 4.59. The molecule has 2 rings (SSSR count). The Hall–Kier alpha value is -2.11. The van der Waals surface area contributed by atoms with Crippen molar-refractivity contribution in [3.8, 4) is 5.75 Å². The molecule has 6 nitrogen and oxygen atoms in total. The first kappa shape index (κ1) is 17.2. The van der Waals surface area contributed by atoms with Crippen molar-refractivity contribution in [2.75, 3.05) is 13.7 Å². The van der Waals surface area contributed by atoms with E-state index in [1.165, 1.54) is 6.07 Å². The maximum Gasteiger partial charge on any atom is 0.310 e. The number of likely N-dealkylation sites (N-methyl/N-ethyl adjacent to an activating group) is 1. The minimum atomic E-state index is -0.495. The molecule has 23 heavy (non-hydrogen) atoms. The zero-order valence-corrected chi connectivity index (χ0v) is 13.9. The quantitative estimate of drug-likeness (QED) is 0.616. The number of hydrogen-bond acceptors (Lipinski definition) is 4. The summed E-state index contributed by atoms with van der Waals surface area (Å²) in [5, 5.41) is 11.0. The summed E-state index contributed by atoms with van der Waals surface area (Å²) in [7, 11) is 1.79. The van der Waals surface area contributed by atoms with Gasteiger partial charge in [0.1, 0.15) is 0 Å². The van der Waals surface area contributed by atoms with Gasteiger partial charge < -0.3 is 9.64 Å². The fraction of sp³-hybridized carbons (Fsp3) is 0.588. The summed E-state index contributed by atoms with van der Waals surface area (Å²) in [5.74, 6) is 0.732. The Morgan fingerprint density at radius 3 is 2.61 bits per heavy atom. The number of ether oxygens (including phenoxy) is 1. The molecule has 1 aromatic rings. The zero-order chi connectivity index (χ0) is 17.0. The Labute approximate surface area is 136 Å². The van der Waals surface area contributed by atoms with Crippen LogP contribution in [0.5, 0.6) is 5.75 Å². The van der Waals surface area contributed by atoms with Crippen LogP contribution in [-0.2, 0) is 4.79 Å². The molecule has 1 saturated carbocycles. The van der Waals surface area contributed by atoms with Crippen LogP contribution in [0.4, 0.5) is 5.69 Å². The number of rotatable bonds is 5. The lowest BCUT2D eigenvalue weighted by molar-refractivity contribution is -0.385. The third kappa shape index (κ3) is 4.43. The highest BCUT2D eigenvalue weighted by molar-refractivity contribution is 5.78. The summed E-state index contributed by atoms with van der Waals surface area (Å²) in [6, 6.07) is 4.90. The Kier molecular flexibility index (Phi) is 5.58. The Morgan fingerprint density at radius 1 is 1.35 bits per heavy atom. The second-order valence-corrected chi connectivity index (χ2v) is 6.44. The number of nitro benzene ring substituents is 1. The molecule has 1 aromatic carbocycles. The van der Waals surface area contributed by atoms with E-state index in [1.807, 2.05) is 6.92 Å². The van der Waals surface area contributed by atoms with Gasteiger partial charge in [-0.15, -0.1) is 0 Å². The summed E-state index contributed by atoms with van der Waals surface area (Å²) >= 11 is 0. The predicted octanol–water partition coefficient (Wildman–Crippen LogP) is 3.32. The molecule has 0 aromatic heterocycles. The number of carbonyl (C=O) groups is 1. The Balaban J connectivity index is 1.96. The van der Waals surface area contributed by atoms with Crippen molar-refractivity contribution in [1.29, 1.82) is 0 Å². The molecule has 1 amide bonds. The highest BCUT2D eigenvalue weighted by atomic mass is 16.6. The summed E-state index contributed by atoms with van der Waals surface area (Å²) < 4.78 is 5.44. The topological polar surface area (TPSA) is 72.7 Å². The van der Waals surface area contributed by atoms with Crippen molar-refractivity contribution in [2.24, 2.45) is 5.92 Å². The van der Waals surface area contributed by atoms with Crippen LogP contribution >= 0.6 is 0 Å². The molecule has 0 bridgehead atoms. The van der Waals surface area contributed by atoms with Gasteiger partial charge in [0, 0.05) is 19.2 Å². The van der Waals surface area contributed by atoms with E-state index in [1.54, 1.807) is 24.1 Å². The fourth-order valence-corrected chi connectivity index (χ4v) is 2.96. The predicted molar refractivity (Wildman–Crippen MR) is 87.5 cm³/mol. The van der Waals surface area contributed by atoms with Gasteiger partial charge in [0.15, 0.2) is 12.4 Å². The molecule has 0 aliphatic heterocycles. The van der Waals surface area contributed by atoms with E-state index in [-0.39, 0.29) is 30.0 Å². The van der Waals surface area contributed by atoms with Crippen molar-refractivity contribution in [3.63, 3.8) is 0 Å². The van der Waals surface area contributed by atoms with E-state index >= 15 is 0 Å². The molecule has 0 unspecified atom stereocenters. The number of nitrogens with zero attached hydrogens (tertiary/aromatic N) is 2. The van der Waals surface area contributed by atoms with Gasteiger partial charge in [-0.3, -0.25) is 14.9 Å². The molecular weight excluding hydrogens is 296 g/mol. The van der Waals surface area contributed by atoms with Crippen LogP contribution in [0.15, 0.2) is 18.2 Å². The van der Waals surface area contributed by atoms with Crippen molar-refractivity contribution in [2.45, 2.75) is 45.6 Å². The molecule has 126 valence electrons. The molecule has 0 radical (unpaired) electrons. The lowest BCUT2D eigenvalue weighted by Crippen LogP contribution is -2.41. The smallest absolute Gasteiger partial charge is 0.310 e. The first-order valence-electron chi connectivity index (χ1n) is 8.02. The van der Waals surface area contributed by atoms with Gasteiger partial charge in [-0.25, -0.2) is 0 Å². The summed E-state index contributed by atoms with van der Waals surface area (Å²) in [4.78, 5) is 24.5. The second kappa shape index (κ2) is 7.44. The van der Waals surface area contributed by atoms with Crippen LogP contribution in [0.2, 0.25) is 0 Å². The average molecular weight is 320 g/mol. The van der Waals surface area contributed by atoms with Crippen LogP contribution in [0, 0.1) is 23.0 Å². The van der Waals surface area contributed by atoms with Crippen molar-refractivity contribution < 1.29 is 14.5 Å². The fourth-order valence-electron chi connectivity index (χ4n) is 2.96.